The molecule has 4 aromatic heterocycles. The second-order valence-electron chi connectivity index (χ2n) is 14.6. The van der Waals surface area contributed by atoms with E-state index in [0.29, 0.717) is 5.92 Å². The van der Waals surface area contributed by atoms with Crippen LogP contribution in [0.2, 0.25) is 0 Å². The molecule has 4 heterocycles. The molecule has 0 bridgehead atoms. The Morgan fingerprint density at radius 3 is 1.24 bits per heavy atom. The van der Waals surface area contributed by atoms with Gasteiger partial charge in [0.1, 0.15) is 0 Å². The number of hydrogen-bond donors (Lipinski definition) is 0. The number of benzene rings is 7. The highest BCUT2D eigenvalue weighted by Gasteiger charge is 2.20. The van der Waals surface area contributed by atoms with Gasteiger partial charge in [0.2, 0.25) is 0 Å². The van der Waals surface area contributed by atoms with Crippen LogP contribution >= 0.6 is 0 Å². The van der Waals surface area contributed by atoms with E-state index in [9.17, 15) is 0 Å². The molecule has 0 aliphatic rings. The summed E-state index contributed by atoms with van der Waals surface area (Å²) >= 11 is 0. The third-order valence-electron chi connectivity index (χ3n) is 11.2. The Balaban J connectivity index is 1.22. The van der Waals surface area contributed by atoms with Crippen molar-refractivity contribution in [3.63, 3.8) is 0 Å². The molecule has 4 nitrogen and oxygen atoms in total. The summed E-state index contributed by atoms with van der Waals surface area (Å²) in [6.45, 7) is 4.50. The molecule has 0 radical (unpaired) electrons. The molecule has 0 spiro atoms. The minimum Gasteiger partial charge on any atom is -0.309 e. The maximum atomic E-state index is 5.03. The van der Waals surface area contributed by atoms with Crippen molar-refractivity contribution in [1.29, 1.82) is 0 Å². The van der Waals surface area contributed by atoms with Crippen molar-refractivity contribution < 1.29 is 0 Å². The van der Waals surface area contributed by atoms with Crippen LogP contribution in [-0.4, -0.2) is 18.7 Å². The molecule has 11 aromatic rings. The molecule has 0 atom stereocenters. The summed E-state index contributed by atoms with van der Waals surface area (Å²) in [5.74, 6) is 0.321. The van der Waals surface area contributed by atoms with Gasteiger partial charge < -0.3 is 13.7 Å². The topological polar surface area (TPSA) is 27.7 Å². The summed E-state index contributed by atoms with van der Waals surface area (Å²) in [6, 6.07) is 62.0. The molecule has 4 heteroatoms. The third kappa shape index (κ3) is 4.47. The second-order valence-corrected chi connectivity index (χ2v) is 14.6. The fraction of sp³-hybridized carbons (Fsp3) is 0.0600. The van der Waals surface area contributed by atoms with E-state index in [2.05, 4.69) is 197 Å². The highest BCUT2D eigenvalue weighted by Crippen LogP contribution is 2.40. The molecular formula is C50H36N4. The zero-order valence-electron chi connectivity index (χ0n) is 30.1. The molecule has 11 rings (SSSR count). The van der Waals surface area contributed by atoms with E-state index in [1.165, 1.54) is 65.5 Å². The summed E-state index contributed by atoms with van der Waals surface area (Å²) in [7, 11) is 0. The van der Waals surface area contributed by atoms with Gasteiger partial charge in [-0.3, -0.25) is 4.98 Å². The summed E-state index contributed by atoms with van der Waals surface area (Å²) in [5, 5.41) is 7.46. The first-order chi connectivity index (χ1) is 26.6. The van der Waals surface area contributed by atoms with Crippen molar-refractivity contribution in [3.05, 3.63) is 182 Å². The Labute approximate surface area is 312 Å². The van der Waals surface area contributed by atoms with Crippen molar-refractivity contribution in [3.8, 4) is 28.3 Å². The Hall–Kier alpha value is -6.91. The molecule has 0 amide bonds. The van der Waals surface area contributed by atoms with Gasteiger partial charge >= 0.3 is 0 Å². The first-order valence-corrected chi connectivity index (χ1v) is 18.7. The fourth-order valence-corrected chi connectivity index (χ4v) is 8.89. The van der Waals surface area contributed by atoms with E-state index in [1.54, 1.807) is 0 Å². The minimum atomic E-state index is 0.321. The van der Waals surface area contributed by atoms with Crippen LogP contribution in [0.4, 0.5) is 0 Å². The molecule has 0 unspecified atom stereocenters. The van der Waals surface area contributed by atoms with Gasteiger partial charge in [-0.2, -0.15) is 0 Å². The van der Waals surface area contributed by atoms with Crippen LogP contribution in [0.15, 0.2) is 176 Å². The Kier molecular flexibility index (Phi) is 6.71. The molecule has 54 heavy (non-hydrogen) atoms. The molecule has 0 N–H and O–H groups in total. The van der Waals surface area contributed by atoms with E-state index < -0.39 is 0 Å². The van der Waals surface area contributed by atoms with Crippen LogP contribution in [0.5, 0.6) is 0 Å². The zero-order chi connectivity index (χ0) is 35.9. The average Bonchev–Trinajstić information content (AvgIpc) is 3.86. The van der Waals surface area contributed by atoms with Gasteiger partial charge in [-0.05, 0) is 84.3 Å². The van der Waals surface area contributed by atoms with E-state index >= 15 is 0 Å². The first kappa shape index (κ1) is 30.7. The van der Waals surface area contributed by atoms with Crippen LogP contribution in [0.1, 0.15) is 25.3 Å². The van der Waals surface area contributed by atoms with E-state index in [1.807, 2.05) is 6.20 Å². The second kappa shape index (κ2) is 11.8. The van der Waals surface area contributed by atoms with Gasteiger partial charge in [-0.1, -0.05) is 111 Å². The van der Waals surface area contributed by atoms with Crippen molar-refractivity contribution in [2.75, 3.05) is 0 Å². The molecule has 0 aliphatic carbocycles. The average molecular weight is 693 g/mol. The lowest BCUT2D eigenvalue weighted by atomic mass is 9.96. The lowest BCUT2D eigenvalue weighted by molar-refractivity contribution is 0.861. The molecule has 7 aromatic carbocycles. The number of rotatable bonds is 5. The molecule has 0 fully saturated rings. The third-order valence-corrected chi connectivity index (χ3v) is 11.2. The first-order valence-electron chi connectivity index (χ1n) is 18.7. The smallest absolute Gasteiger partial charge is 0.0738 e. The number of aromatic nitrogens is 4. The Morgan fingerprint density at radius 2 is 0.778 bits per heavy atom. The molecule has 256 valence electrons. The molecular weight excluding hydrogens is 657 g/mol. The number of fused-ring (bicyclic) bond motifs is 9. The monoisotopic (exact) mass is 692 g/mol. The van der Waals surface area contributed by atoms with Crippen molar-refractivity contribution in [2.24, 2.45) is 0 Å². The van der Waals surface area contributed by atoms with E-state index in [4.69, 9.17) is 4.98 Å². The van der Waals surface area contributed by atoms with Crippen LogP contribution in [0, 0.1) is 0 Å². The highest BCUT2D eigenvalue weighted by molar-refractivity contribution is 6.13. The van der Waals surface area contributed by atoms with Crippen LogP contribution in [-0.2, 0) is 0 Å². The van der Waals surface area contributed by atoms with Gasteiger partial charge in [-0.25, -0.2) is 0 Å². The standard InChI is InChI=1S/C50H36N4/c1-32(2)37-19-13-27-51-50(37)33-28-35(53-46-22-10-5-16-40(46)41-17-6-11-23-47(41)53)30-36(29-33)54-48-24-12-7-18-42(48)43-31-34(25-26-49(43)54)52-44-20-8-3-14-38(44)39-15-4-9-21-45(39)52/h3-32H,1-2H3. The van der Waals surface area contributed by atoms with Crippen molar-refractivity contribution >= 4 is 65.4 Å². The zero-order valence-corrected chi connectivity index (χ0v) is 30.1. The lowest BCUT2D eigenvalue weighted by Crippen LogP contribution is -2.02. The molecule has 0 saturated carbocycles. The maximum absolute atomic E-state index is 5.03. The van der Waals surface area contributed by atoms with Gasteiger partial charge in [-0.15, -0.1) is 0 Å². The summed E-state index contributed by atoms with van der Waals surface area (Å²) < 4.78 is 7.27. The minimum absolute atomic E-state index is 0.321. The molecule has 0 aliphatic heterocycles. The fourth-order valence-electron chi connectivity index (χ4n) is 8.89. The number of pyridine rings is 1. The van der Waals surface area contributed by atoms with Gasteiger partial charge in [0.05, 0.1) is 38.8 Å². The highest BCUT2D eigenvalue weighted by atomic mass is 15.0. The van der Waals surface area contributed by atoms with E-state index in [0.717, 1.165) is 33.8 Å². The number of para-hydroxylation sites is 5. The normalized spacial score (nSPS) is 12.1. The van der Waals surface area contributed by atoms with Crippen molar-refractivity contribution in [1.82, 2.24) is 18.7 Å². The largest absolute Gasteiger partial charge is 0.309 e. The quantitative estimate of drug-likeness (QED) is 0.176. The summed E-state index contributed by atoms with van der Waals surface area (Å²) in [6.07, 6.45) is 1.92. The van der Waals surface area contributed by atoms with Crippen LogP contribution in [0.25, 0.3) is 93.7 Å². The Morgan fingerprint density at radius 1 is 0.370 bits per heavy atom. The van der Waals surface area contributed by atoms with Crippen LogP contribution in [0.3, 0.4) is 0 Å². The van der Waals surface area contributed by atoms with E-state index in [-0.39, 0.29) is 0 Å². The van der Waals surface area contributed by atoms with Gasteiger partial charge in [0.15, 0.2) is 0 Å². The van der Waals surface area contributed by atoms with Gasteiger partial charge in [0.25, 0.3) is 0 Å². The molecule has 0 saturated heterocycles. The number of hydrogen-bond acceptors (Lipinski definition) is 1. The Bertz CT molecular complexity index is 3160. The summed E-state index contributed by atoms with van der Waals surface area (Å²) in [4.78, 5) is 5.03. The lowest BCUT2D eigenvalue weighted by Gasteiger charge is -2.18. The SMILES string of the molecule is CC(C)c1cccnc1-c1cc(-n2c3ccccc3c3ccccc32)cc(-n2c3ccccc3c3cc(-n4c5ccccc5c5ccccc54)ccc32)c1. The predicted molar refractivity (Wildman–Crippen MR) is 227 cm³/mol. The predicted octanol–water partition coefficient (Wildman–Crippen LogP) is 13.2. The van der Waals surface area contributed by atoms with Gasteiger partial charge in [0, 0.05) is 61.1 Å². The van der Waals surface area contributed by atoms with Crippen LogP contribution < -0.4 is 0 Å². The van der Waals surface area contributed by atoms with Crippen molar-refractivity contribution in [2.45, 2.75) is 19.8 Å². The summed E-state index contributed by atoms with van der Waals surface area (Å²) in [5.41, 5.74) is 13.8. The number of nitrogens with zero attached hydrogens (tertiary/aromatic N) is 4. The maximum Gasteiger partial charge on any atom is 0.0738 e.